The van der Waals surface area contributed by atoms with E-state index < -0.39 is 0 Å². The smallest absolute Gasteiger partial charge is 0.0701 e. The zero-order chi connectivity index (χ0) is 47.9. The summed E-state index contributed by atoms with van der Waals surface area (Å²) >= 11 is 0. The number of anilines is 5. The molecule has 0 fully saturated rings. The molecule has 0 radical (unpaired) electrons. The molecule has 2 unspecified atom stereocenters. The van der Waals surface area contributed by atoms with Gasteiger partial charge >= 0.3 is 0 Å². The Hall–Kier alpha value is -8.92. The molecule has 0 N–H and O–H groups in total. The Balaban J connectivity index is 0.976. The van der Waals surface area contributed by atoms with Gasteiger partial charge in [-0.2, -0.15) is 0 Å². The minimum atomic E-state index is -0.127. The summed E-state index contributed by atoms with van der Waals surface area (Å²) in [6.45, 7) is 4.73. The van der Waals surface area contributed by atoms with Crippen molar-refractivity contribution in [3.63, 3.8) is 0 Å². The Labute approximate surface area is 421 Å². The van der Waals surface area contributed by atoms with Crippen LogP contribution >= 0.6 is 0 Å². The van der Waals surface area contributed by atoms with Crippen molar-refractivity contribution in [2.24, 2.45) is 0 Å². The highest BCUT2D eigenvalue weighted by molar-refractivity contribution is 6.16. The first-order valence-corrected chi connectivity index (χ1v) is 25.2. The minimum absolute atomic E-state index is 0.0591. The van der Waals surface area contributed by atoms with E-state index in [1.807, 2.05) is 0 Å². The van der Waals surface area contributed by atoms with Crippen molar-refractivity contribution < 1.29 is 0 Å². The third-order valence-electron chi connectivity index (χ3n) is 15.7. The predicted molar refractivity (Wildman–Crippen MR) is 303 cm³/mol. The van der Waals surface area contributed by atoms with Crippen LogP contribution in [0.5, 0.6) is 0 Å². The van der Waals surface area contributed by atoms with Crippen LogP contribution in [0.15, 0.2) is 261 Å². The molecule has 3 nitrogen and oxygen atoms in total. The van der Waals surface area contributed by atoms with Gasteiger partial charge in [0.15, 0.2) is 0 Å². The van der Waals surface area contributed by atoms with Gasteiger partial charge in [-0.1, -0.05) is 178 Å². The van der Waals surface area contributed by atoms with E-state index in [0.717, 1.165) is 28.3 Å². The molecule has 0 bridgehead atoms. The molecule has 342 valence electrons. The Bertz CT molecular complexity index is 3970. The van der Waals surface area contributed by atoms with E-state index >= 15 is 0 Å². The highest BCUT2D eigenvalue weighted by atomic mass is 15.2. The first kappa shape index (κ1) is 42.0. The van der Waals surface area contributed by atoms with Crippen LogP contribution in [0.3, 0.4) is 0 Å². The molecule has 0 saturated carbocycles. The number of aromatic nitrogens is 1. The van der Waals surface area contributed by atoms with Crippen LogP contribution in [0.2, 0.25) is 0 Å². The standard InChI is InChI=1S/C69H51N3/c1-69(2)62-35-15-12-29-57(62)58-40-39-54(45-63(58)69)70(50-22-6-3-7-23-50)53-28-18-21-46(44-53)47-41-48(55-32-20-38-66-67(55)61-31-14-17-37-65(61)71(66)51-24-8-4-9-25-51)43-49(42-47)56-33-19-34-60-59-30-13-16-36-64(59)72(68(56)60)52-26-10-5-11-27-52/h3-45,60,68H,1-2H3. The van der Waals surface area contributed by atoms with Crippen molar-refractivity contribution in [1.82, 2.24) is 4.57 Å². The molecule has 3 aliphatic rings. The lowest BCUT2D eigenvalue weighted by molar-refractivity contribution is 0.660. The number of benzene rings is 10. The number of hydrogen-bond donors (Lipinski definition) is 0. The van der Waals surface area contributed by atoms with Crippen LogP contribution in [-0.4, -0.2) is 10.6 Å². The lowest BCUT2D eigenvalue weighted by Crippen LogP contribution is -2.32. The van der Waals surface area contributed by atoms with Crippen molar-refractivity contribution in [2.45, 2.75) is 31.2 Å². The van der Waals surface area contributed by atoms with Gasteiger partial charge in [0, 0.05) is 56.2 Å². The summed E-state index contributed by atoms with van der Waals surface area (Å²) in [4.78, 5) is 5.00. The Morgan fingerprint density at radius 2 is 1.06 bits per heavy atom. The van der Waals surface area contributed by atoms with Gasteiger partial charge in [0.25, 0.3) is 0 Å². The van der Waals surface area contributed by atoms with Crippen molar-refractivity contribution in [3.8, 4) is 39.1 Å². The summed E-state index contributed by atoms with van der Waals surface area (Å²) in [7, 11) is 0. The third kappa shape index (κ3) is 6.58. The first-order chi connectivity index (χ1) is 35.5. The average Bonchev–Trinajstić information content (AvgIpc) is 4.05. The highest BCUT2D eigenvalue weighted by Crippen LogP contribution is 2.54. The van der Waals surface area contributed by atoms with Crippen molar-refractivity contribution in [1.29, 1.82) is 0 Å². The number of allylic oxidation sites excluding steroid dienone is 2. The van der Waals surface area contributed by atoms with Gasteiger partial charge in [0.05, 0.1) is 17.1 Å². The first-order valence-electron chi connectivity index (χ1n) is 25.2. The van der Waals surface area contributed by atoms with Gasteiger partial charge in [0.1, 0.15) is 0 Å². The molecule has 3 heteroatoms. The van der Waals surface area contributed by atoms with E-state index in [1.54, 1.807) is 0 Å². The van der Waals surface area contributed by atoms with Crippen LogP contribution < -0.4 is 9.80 Å². The van der Waals surface area contributed by atoms with Crippen LogP contribution in [0, 0.1) is 0 Å². The normalized spacial score (nSPS) is 16.0. The number of para-hydroxylation sites is 5. The van der Waals surface area contributed by atoms with E-state index in [0.29, 0.717) is 0 Å². The molecule has 0 amide bonds. The number of rotatable bonds is 8. The summed E-state index contributed by atoms with van der Waals surface area (Å²) in [6.07, 6.45) is 7.06. The molecule has 10 aromatic carbocycles. The van der Waals surface area contributed by atoms with Crippen LogP contribution in [-0.2, 0) is 5.41 Å². The minimum Gasteiger partial charge on any atom is -0.333 e. The highest BCUT2D eigenvalue weighted by Gasteiger charge is 2.42. The van der Waals surface area contributed by atoms with E-state index in [2.05, 4.69) is 289 Å². The van der Waals surface area contributed by atoms with Gasteiger partial charge in [0.2, 0.25) is 0 Å². The van der Waals surface area contributed by atoms with Crippen molar-refractivity contribution in [2.75, 3.05) is 9.80 Å². The van der Waals surface area contributed by atoms with Gasteiger partial charge in [-0.3, -0.25) is 0 Å². The van der Waals surface area contributed by atoms with E-state index in [1.165, 1.54) is 88.8 Å². The Morgan fingerprint density at radius 1 is 0.431 bits per heavy atom. The van der Waals surface area contributed by atoms with Crippen molar-refractivity contribution in [3.05, 3.63) is 283 Å². The van der Waals surface area contributed by atoms with Crippen LogP contribution in [0.4, 0.5) is 28.4 Å². The second kappa shape index (κ2) is 16.6. The van der Waals surface area contributed by atoms with E-state index in [4.69, 9.17) is 0 Å². The molecular formula is C69H51N3. The van der Waals surface area contributed by atoms with Crippen LogP contribution in [0.25, 0.3) is 66.4 Å². The maximum atomic E-state index is 2.57. The number of nitrogens with zero attached hydrogens (tertiary/aromatic N) is 3. The van der Waals surface area contributed by atoms with Gasteiger partial charge in [-0.15, -0.1) is 0 Å². The van der Waals surface area contributed by atoms with E-state index in [9.17, 15) is 0 Å². The zero-order valence-corrected chi connectivity index (χ0v) is 40.3. The second-order valence-electron chi connectivity index (χ2n) is 20.1. The lowest BCUT2D eigenvalue weighted by atomic mass is 9.81. The average molecular weight is 922 g/mol. The van der Waals surface area contributed by atoms with Gasteiger partial charge in [-0.25, -0.2) is 0 Å². The van der Waals surface area contributed by atoms with E-state index in [-0.39, 0.29) is 17.4 Å². The molecule has 1 aromatic heterocycles. The summed E-state index contributed by atoms with van der Waals surface area (Å²) < 4.78 is 2.42. The number of fused-ring (bicyclic) bond motifs is 9. The lowest BCUT2D eigenvalue weighted by Gasteiger charge is -2.34. The van der Waals surface area contributed by atoms with Gasteiger partial charge < -0.3 is 14.4 Å². The third-order valence-corrected chi connectivity index (χ3v) is 15.7. The molecule has 2 aliphatic carbocycles. The van der Waals surface area contributed by atoms with Gasteiger partial charge in [-0.05, 0) is 158 Å². The monoisotopic (exact) mass is 921 g/mol. The predicted octanol–water partition coefficient (Wildman–Crippen LogP) is 18.2. The summed E-state index contributed by atoms with van der Waals surface area (Å²) in [5.74, 6) is 0.189. The largest absolute Gasteiger partial charge is 0.333 e. The number of hydrogen-bond acceptors (Lipinski definition) is 2. The topological polar surface area (TPSA) is 11.4 Å². The molecule has 1 aliphatic heterocycles. The fourth-order valence-corrected chi connectivity index (χ4v) is 12.5. The summed E-state index contributed by atoms with van der Waals surface area (Å²) in [5, 5.41) is 2.49. The molecule has 0 saturated heterocycles. The molecular weight excluding hydrogens is 871 g/mol. The zero-order valence-electron chi connectivity index (χ0n) is 40.3. The molecule has 11 aromatic rings. The Kier molecular flexibility index (Phi) is 9.69. The van der Waals surface area contributed by atoms with Crippen LogP contribution in [0.1, 0.15) is 42.0 Å². The van der Waals surface area contributed by atoms with Crippen molar-refractivity contribution >= 4 is 55.8 Å². The Morgan fingerprint density at radius 3 is 1.90 bits per heavy atom. The fourth-order valence-electron chi connectivity index (χ4n) is 12.5. The molecule has 2 heterocycles. The molecule has 0 spiro atoms. The fraction of sp³-hybridized carbons (Fsp3) is 0.0725. The molecule has 72 heavy (non-hydrogen) atoms. The maximum absolute atomic E-state index is 2.57. The SMILES string of the molecule is CC1(C)c2ccccc2-c2ccc(N(c3ccccc3)c3cccc(-c4cc(C5=CC=CC6c7ccccc7N(c7ccccc7)C56)cc(-c5cccc6c5c5ccccc5n6-c5ccccc5)c4)c3)cc21. The maximum Gasteiger partial charge on any atom is 0.0701 e. The second-order valence-corrected chi connectivity index (χ2v) is 20.1. The molecule has 14 rings (SSSR count). The summed E-state index contributed by atoms with van der Waals surface area (Å²) in [6, 6.07) is 89.8. The molecule has 2 atom stereocenters. The summed E-state index contributed by atoms with van der Waals surface area (Å²) in [5.41, 5.74) is 23.2. The quantitative estimate of drug-likeness (QED) is 0.150.